The molecule has 176 valence electrons. The van der Waals surface area contributed by atoms with Crippen molar-refractivity contribution in [2.45, 2.75) is 39.3 Å². The molecule has 8 heteroatoms. The van der Waals surface area contributed by atoms with Crippen molar-refractivity contribution in [2.75, 3.05) is 0 Å². The number of carbonyl (C=O) groups is 1. The Morgan fingerprint density at radius 1 is 1.12 bits per heavy atom. The highest BCUT2D eigenvalue weighted by atomic mass is 79.9. The van der Waals surface area contributed by atoms with Crippen molar-refractivity contribution in [3.8, 4) is 5.75 Å². The molecule has 0 aliphatic carbocycles. The topological polar surface area (TPSA) is 64.4 Å². The van der Waals surface area contributed by atoms with Crippen LogP contribution in [0.25, 0.3) is 11.0 Å². The predicted molar refractivity (Wildman–Crippen MR) is 139 cm³/mol. The Bertz CT molecular complexity index is 1330. The molecule has 0 amide bonds. The number of hydrogen-bond donors (Lipinski definition) is 1. The summed E-state index contributed by atoms with van der Waals surface area (Å²) in [5.41, 5.74) is 4.52. The Kier molecular flexibility index (Phi) is 7.81. The van der Waals surface area contributed by atoms with Crippen molar-refractivity contribution in [2.24, 2.45) is 0 Å². The van der Waals surface area contributed by atoms with Gasteiger partial charge in [0.2, 0.25) is 0 Å². The maximum absolute atomic E-state index is 10.9. The Balaban J connectivity index is 1.55. The van der Waals surface area contributed by atoms with Crippen LogP contribution in [0.1, 0.15) is 35.9 Å². The lowest BCUT2D eigenvalue weighted by atomic mass is 10.1. The van der Waals surface area contributed by atoms with Crippen LogP contribution in [0.4, 0.5) is 0 Å². The largest absolute Gasteiger partial charge is 0.489 e. The Hall–Kier alpha value is -2.54. The summed E-state index contributed by atoms with van der Waals surface area (Å²) < 4.78 is 9.39. The van der Waals surface area contributed by atoms with E-state index in [1.807, 2.05) is 30.3 Å². The van der Waals surface area contributed by atoms with E-state index in [2.05, 4.69) is 39.6 Å². The molecule has 1 heterocycles. The van der Waals surface area contributed by atoms with Crippen LogP contribution in [0.5, 0.6) is 5.75 Å². The average Bonchev–Trinajstić information content (AvgIpc) is 3.14. The van der Waals surface area contributed by atoms with E-state index >= 15 is 0 Å². The van der Waals surface area contributed by atoms with Gasteiger partial charge in [-0.15, -0.1) is 0 Å². The molecule has 0 radical (unpaired) electrons. The molecule has 0 aliphatic rings. The van der Waals surface area contributed by atoms with Gasteiger partial charge in [0.25, 0.3) is 0 Å². The summed E-state index contributed by atoms with van der Waals surface area (Å²) >= 11 is 16.3. The van der Waals surface area contributed by atoms with Gasteiger partial charge in [0.15, 0.2) is 0 Å². The van der Waals surface area contributed by atoms with E-state index in [0.717, 1.165) is 44.6 Å². The Morgan fingerprint density at radius 2 is 1.85 bits per heavy atom. The maximum Gasteiger partial charge on any atom is 0.303 e. The number of aryl methyl sites for hydroxylation is 1. The smallest absolute Gasteiger partial charge is 0.303 e. The summed E-state index contributed by atoms with van der Waals surface area (Å²) in [6.45, 7) is 3.02. The molecule has 1 aromatic heterocycles. The third kappa shape index (κ3) is 5.57. The number of aliphatic carboxylic acids is 1. The normalized spacial score (nSPS) is 11.2. The van der Waals surface area contributed by atoms with Crippen LogP contribution in [0.2, 0.25) is 10.0 Å². The summed E-state index contributed by atoms with van der Waals surface area (Å²) in [6.07, 6.45) is 1.08. The monoisotopic (exact) mass is 560 g/mol. The van der Waals surface area contributed by atoms with Crippen molar-refractivity contribution in [1.29, 1.82) is 0 Å². The fraction of sp³-hybridized carbons (Fsp3) is 0.231. The van der Waals surface area contributed by atoms with Gasteiger partial charge in [0, 0.05) is 32.9 Å². The molecule has 4 aromatic rings. The molecule has 0 atom stereocenters. The van der Waals surface area contributed by atoms with Gasteiger partial charge in [0.05, 0.1) is 17.6 Å². The molecule has 0 aliphatic heterocycles. The number of rotatable bonds is 9. The van der Waals surface area contributed by atoms with Crippen LogP contribution in [0.3, 0.4) is 0 Å². The molecule has 0 unspecified atom stereocenters. The molecule has 0 fully saturated rings. The number of aromatic nitrogens is 2. The van der Waals surface area contributed by atoms with Crippen molar-refractivity contribution in [1.82, 2.24) is 9.55 Å². The number of carboxylic acid groups (broad SMARTS) is 1. The first-order valence-electron chi connectivity index (χ1n) is 10.9. The van der Waals surface area contributed by atoms with Gasteiger partial charge in [-0.2, -0.15) is 0 Å². The number of fused-ring (bicyclic) bond motifs is 1. The van der Waals surface area contributed by atoms with Crippen molar-refractivity contribution < 1.29 is 14.6 Å². The van der Waals surface area contributed by atoms with Gasteiger partial charge < -0.3 is 14.4 Å². The first-order chi connectivity index (χ1) is 16.4. The number of nitrogens with zero attached hydrogens (tertiary/aromatic N) is 2. The summed E-state index contributed by atoms with van der Waals surface area (Å²) in [5, 5.41) is 9.83. The van der Waals surface area contributed by atoms with Gasteiger partial charge in [-0.05, 0) is 53.9 Å². The average molecular weight is 562 g/mol. The van der Waals surface area contributed by atoms with E-state index in [-0.39, 0.29) is 19.4 Å². The molecule has 0 saturated heterocycles. The van der Waals surface area contributed by atoms with Crippen LogP contribution in [-0.2, 0) is 30.8 Å². The maximum atomic E-state index is 10.9. The highest BCUT2D eigenvalue weighted by Crippen LogP contribution is 2.30. The fourth-order valence-electron chi connectivity index (χ4n) is 3.92. The number of ether oxygens (including phenoxy) is 1. The predicted octanol–water partition coefficient (Wildman–Crippen LogP) is 7.31. The second-order valence-electron chi connectivity index (χ2n) is 7.93. The van der Waals surface area contributed by atoms with Crippen LogP contribution < -0.4 is 4.74 Å². The minimum absolute atomic E-state index is 0.0255. The molecule has 3 aromatic carbocycles. The van der Waals surface area contributed by atoms with Crippen LogP contribution >= 0.6 is 39.1 Å². The second kappa shape index (κ2) is 10.8. The lowest BCUT2D eigenvalue weighted by Gasteiger charge is -2.15. The zero-order valence-corrected chi connectivity index (χ0v) is 21.6. The zero-order valence-electron chi connectivity index (χ0n) is 18.5. The molecule has 4 rings (SSSR count). The molecule has 0 spiro atoms. The number of benzene rings is 3. The quantitative estimate of drug-likeness (QED) is 0.232. The van der Waals surface area contributed by atoms with Crippen LogP contribution in [-0.4, -0.2) is 20.6 Å². The second-order valence-corrected chi connectivity index (χ2v) is 9.66. The van der Waals surface area contributed by atoms with Gasteiger partial charge in [-0.3, -0.25) is 4.79 Å². The molecular formula is C26H23BrCl2N2O3. The minimum atomic E-state index is -0.888. The van der Waals surface area contributed by atoms with Gasteiger partial charge >= 0.3 is 5.97 Å². The first-order valence-corrected chi connectivity index (χ1v) is 12.4. The fourth-order valence-corrected chi connectivity index (χ4v) is 4.99. The van der Waals surface area contributed by atoms with Gasteiger partial charge in [-0.25, -0.2) is 4.98 Å². The highest BCUT2D eigenvalue weighted by molar-refractivity contribution is 9.10. The summed E-state index contributed by atoms with van der Waals surface area (Å²) in [4.78, 5) is 15.7. The number of para-hydroxylation sites is 1. The molecule has 5 nitrogen and oxygen atoms in total. The summed E-state index contributed by atoms with van der Waals surface area (Å²) in [5.74, 6) is 0.893. The van der Waals surface area contributed by atoms with Crippen molar-refractivity contribution in [3.05, 3.63) is 91.6 Å². The molecule has 0 saturated carbocycles. The number of halogens is 3. The third-order valence-electron chi connectivity index (χ3n) is 5.59. The van der Waals surface area contributed by atoms with E-state index in [4.69, 9.17) is 38.0 Å². The molecular weight excluding hydrogens is 539 g/mol. The van der Waals surface area contributed by atoms with E-state index < -0.39 is 5.97 Å². The van der Waals surface area contributed by atoms with E-state index in [1.165, 1.54) is 0 Å². The lowest BCUT2D eigenvalue weighted by Crippen LogP contribution is -2.07. The minimum Gasteiger partial charge on any atom is -0.489 e. The van der Waals surface area contributed by atoms with Crippen molar-refractivity contribution in [3.63, 3.8) is 0 Å². The standard InChI is InChI=1S/C26H23BrCl2N2O3/c1-2-25-30-22-13-18(27)7-9-23(22)31(25)14-17-5-3-4-6-24(17)34-15-16-11-20(28)19(21(29)12-16)8-10-26(32)33/h3-7,9,11-13H,2,8,10,14-15H2,1H3,(H,32,33). The number of imidazole rings is 1. The van der Waals surface area contributed by atoms with Crippen LogP contribution in [0, 0.1) is 0 Å². The Morgan fingerprint density at radius 3 is 2.56 bits per heavy atom. The zero-order chi connectivity index (χ0) is 24.2. The highest BCUT2D eigenvalue weighted by Gasteiger charge is 2.14. The number of carboxylic acids is 1. The number of hydrogen-bond acceptors (Lipinski definition) is 3. The van der Waals surface area contributed by atoms with Crippen molar-refractivity contribution >= 4 is 56.1 Å². The van der Waals surface area contributed by atoms with Gasteiger partial charge in [0.1, 0.15) is 18.2 Å². The molecule has 34 heavy (non-hydrogen) atoms. The van der Waals surface area contributed by atoms with E-state index in [9.17, 15) is 4.79 Å². The van der Waals surface area contributed by atoms with E-state index in [0.29, 0.717) is 22.2 Å². The first kappa shape index (κ1) is 24.6. The summed E-state index contributed by atoms with van der Waals surface area (Å²) in [6, 6.07) is 17.6. The third-order valence-corrected chi connectivity index (χ3v) is 6.76. The lowest BCUT2D eigenvalue weighted by molar-refractivity contribution is -0.136. The van der Waals surface area contributed by atoms with E-state index in [1.54, 1.807) is 12.1 Å². The Labute approximate surface area is 216 Å². The van der Waals surface area contributed by atoms with Gasteiger partial charge in [-0.1, -0.05) is 64.3 Å². The van der Waals surface area contributed by atoms with Crippen LogP contribution in [0.15, 0.2) is 59.1 Å². The molecule has 0 bridgehead atoms. The molecule has 1 N–H and O–H groups in total. The SMILES string of the molecule is CCc1nc2cc(Br)ccc2n1Cc1ccccc1OCc1cc(Cl)c(CCC(=O)O)c(Cl)c1. The summed E-state index contributed by atoms with van der Waals surface area (Å²) in [7, 11) is 0.